The Morgan fingerprint density at radius 3 is 2.44 bits per heavy atom. The van der Waals surface area contributed by atoms with Gasteiger partial charge in [-0.1, -0.05) is 23.2 Å². The highest BCUT2D eigenvalue weighted by Gasteiger charge is 2.18. The summed E-state index contributed by atoms with van der Waals surface area (Å²) < 4.78 is 5.05. The molecule has 0 spiro atoms. The van der Waals surface area contributed by atoms with Gasteiger partial charge in [-0.2, -0.15) is 0 Å². The summed E-state index contributed by atoms with van der Waals surface area (Å²) in [5, 5.41) is 3.09. The van der Waals surface area contributed by atoms with Crippen LogP contribution in [0.25, 0.3) is 0 Å². The molecule has 1 aromatic heterocycles. The van der Waals surface area contributed by atoms with E-state index in [-0.39, 0.29) is 34.0 Å². The van der Waals surface area contributed by atoms with Gasteiger partial charge < -0.3 is 15.0 Å². The number of nitrogens with zero attached hydrogens (tertiary/aromatic N) is 2. The molecule has 0 aliphatic rings. The first kappa shape index (κ1) is 19.0. The van der Waals surface area contributed by atoms with Crippen molar-refractivity contribution in [1.82, 2.24) is 9.88 Å². The number of amides is 2. The molecular weight excluding hydrogens is 365 g/mol. The van der Waals surface area contributed by atoms with Crippen molar-refractivity contribution in [3.8, 4) is 5.75 Å². The fraction of sp³-hybridized carbons (Fsp3) is 0.235. The Bertz CT molecular complexity index is 788. The van der Waals surface area contributed by atoms with Gasteiger partial charge in [-0.3, -0.25) is 9.59 Å². The summed E-state index contributed by atoms with van der Waals surface area (Å²) in [5.41, 5.74) is 1.23. The first-order valence-electron chi connectivity index (χ1n) is 7.33. The molecule has 25 heavy (non-hydrogen) atoms. The normalized spacial score (nSPS) is 10.3. The number of hydrogen-bond donors (Lipinski definition) is 1. The molecule has 0 saturated heterocycles. The number of hydrogen-bond acceptors (Lipinski definition) is 4. The second-order valence-electron chi connectivity index (χ2n) is 5.40. The standard InChI is InChI=1S/C17H17Cl2N3O3/c1-10-4-5-20-14(6-10)21-15(23)9-22(2)17(24)11-7-12(18)16(25-3)13(19)8-11/h4-8H,9H2,1-3H3,(H,20,21,23). The van der Waals surface area contributed by atoms with Crippen molar-refractivity contribution in [1.29, 1.82) is 0 Å². The summed E-state index contributed by atoms with van der Waals surface area (Å²) in [6, 6.07) is 6.46. The van der Waals surface area contributed by atoms with Crippen LogP contribution >= 0.6 is 23.2 Å². The first-order chi connectivity index (χ1) is 11.8. The van der Waals surface area contributed by atoms with Crippen LogP contribution in [0.5, 0.6) is 5.75 Å². The molecule has 1 aromatic carbocycles. The second-order valence-corrected chi connectivity index (χ2v) is 6.22. The maximum atomic E-state index is 12.5. The fourth-order valence-electron chi connectivity index (χ4n) is 2.17. The average molecular weight is 382 g/mol. The SMILES string of the molecule is COc1c(Cl)cc(C(=O)N(C)CC(=O)Nc2cc(C)ccn2)cc1Cl. The van der Waals surface area contributed by atoms with E-state index in [0.717, 1.165) is 5.56 Å². The molecule has 0 atom stereocenters. The summed E-state index contributed by atoms with van der Waals surface area (Å²) in [6.45, 7) is 1.75. The predicted octanol–water partition coefficient (Wildman–Crippen LogP) is 3.42. The van der Waals surface area contributed by atoms with E-state index >= 15 is 0 Å². The lowest BCUT2D eigenvalue weighted by Crippen LogP contribution is -2.35. The van der Waals surface area contributed by atoms with E-state index < -0.39 is 0 Å². The van der Waals surface area contributed by atoms with Crippen molar-refractivity contribution in [2.75, 3.05) is 26.0 Å². The zero-order valence-corrected chi connectivity index (χ0v) is 15.5. The minimum absolute atomic E-state index is 0.143. The van der Waals surface area contributed by atoms with Crippen LogP contribution < -0.4 is 10.1 Å². The van der Waals surface area contributed by atoms with Crippen molar-refractivity contribution in [3.63, 3.8) is 0 Å². The van der Waals surface area contributed by atoms with Gasteiger partial charge in [-0.05, 0) is 36.8 Å². The van der Waals surface area contributed by atoms with Crippen LogP contribution in [0.1, 0.15) is 15.9 Å². The third-order valence-corrected chi connectivity index (χ3v) is 3.92. The number of pyridine rings is 1. The van der Waals surface area contributed by atoms with Crippen LogP contribution in [0.2, 0.25) is 10.0 Å². The number of halogens is 2. The molecule has 132 valence electrons. The second kappa shape index (κ2) is 8.18. The van der Waals surface area contributed by atoms with Crippen molar-refractivity contribution in [2.45, 2.75) is 6.92 Å². The predicted molar refractivity (Wildman–Crippen MR) is 97.6 cm³/mol. The third kappa shape index (κ3) is 4.84. The molecule has 0 bridgehead atoms. The van der Waals surface area contributed by atoms with E-state index in [2.05, 4.69) is 10.3 Å². The molecule has 8 heteroatoms. The molecule has 1 N–H and O–H groups in total. The van der Waals surface area contributed by atoms with Crippen molar-refractivity contribution in [2.24, 2.45) is 0 Å². The minimum atomic E-state index is -0.390. The Labute approximate surface area is 155 Å². The highest BCUT2D eigenvalue weighted by atomic mass is 35.5. The summed E-state index contributed by atoms with van der Waals surface area (Å²) in [4.78, 5) is 29.9. The quantitative estimate of drug-likeness (QED) is 0.860. The lowest BCUT2D eigenvalue weighted by molar-refractivity contribution is -0.116. The van der Waals surface area contributed by atoms with Crippen LogP contribution in [-0.2, 0) is 4.79 Å². The molecule has 2 rings (SSSR count). The number of carbonyl (C=O) groups is 2. The molecule has 0 aliphatic heterocycles. The number of anilines is 1. The van der Waals surface area contributed by atoms with Gasteiger partial charge >= 0.3 is 0 Å². The molecule has 0 unspecified atom stereocenters. The average Bonchev–Trinajstić information content (AvgIpc) is 2.53. The number of aryl methyl sites for hydroxylation is 1. The Morgan fingerprint density at radius 2 is 1.88 bits per heavy atom. The largest absolute Gasteiger partial charge is 0.494 e. The summed E-state index contributed by atoms with van der Waals surface area (Å²) in [6.07, 6.45) is 1.60. The third-order valence-electron chi connectivity index (χ3n) is 3.36. The highest BCUT2D eigenvalue weighted by molar-refractivity contribution is 6.37. The van der Waals surface area contributed by atoms with Gasteiger partial charge in [-0.25, -0.2) is 4.98 Å². The van der Waals surface area contributed by atoms with Gasteiger partial charge in [0.1, 0.15) is 5.82 Å². The van der Waals surface area contributed by atoms with E-state index in [0.29, 0.717) is 11.6 Å². The Morgan fingerprint density at radius 1 is 1.24 bits per heavy atom. The molecule has 2 aromatic rings. The highest BCUT2D eigenvalue weighted by Crippen LogP contribution is 2.34. The van der Waals surface area contributed by atoms with Crippen LogP contribution in [-0.4, -0.2) is 42.4 Å². The van der Waals surface area contributed by atoms with Gasteiger partial charge in [0.15, 0.2) is 5.75 Å². The van der Waals surface area contributed by atoms with Crippen molar-refractivity contribution in [3.05, 3.63) is 51.6 Å². The van der Waals surface area contributed by atoms with Gasteiger partial charge in [-0.15, -0.1) is 0 Å². The van der Waals surface area contributed by atoms with E-state index in [1.54, 1.807) is 12.3 Å². The summed E-state index contributed by atoms with van der Waals surface area (Å²) >= 11 is 12.1. The fourth-order valence-corrected chi connectivity index (χ4v) is 2.81. The topological polar surface area (TPSA) is 71.5 Å². The lowest BCUT2D eigenvalue weighted by atomic mass is 10.2. The van der Waals surface area contributed by atoms with E-state index in [1.807, 2.05) is 13.0 Å². The lowest BCUT2D eigenvalue weighted by Gasteiger charge is -2.17. The summed E-state index contributed by atoms with van der Waals surface area (Å²) in [5.74, 6) is -0.0225. The number of rotatable bonds is 5. The van der Waals surface area contributed by atoms with Crippen molar-refractivity contribution >= 4 is 40.8 Å². The monoisotopic (exact) mass is 381 g/mol. The number of ether oxygens (including phenoxy) is 1. The Hall–Kier alpha value is -2.31. The summed E-state index contributed by atoms with van der Waals surface area (Å²) in [7, 11) is 2.95. The van der Waals surface area contributed by atoms with Gasteiger partial charge in [0, 0.05) is 18.8 Å². The van der Waals surface area contributed by atoms with E-state index in [4.69, 9.17) is 27.9 Å². The smallest absolute Gasteiger partial charge is 0.254 e. The van der Waals surface area contributed by atoms with Gasteiger partial charge in [0.2, 0.25) is 5.91 Å². The van der Waals surface area contributed by atoms with Crippen LogP contribution in [0.3, 0.4) is 0 Å². The zero-order chi connectivity index (χ0) is 18.6. The van der Waals surface area contributed by atoms with E-state index in [1.165, 1.54) is 31.2 Å². The van der Waals surface area contributed by atoms with Gasteiger partial charge in [0.25, 0.3) is 5.91 Å². The zero-order valence-electron chi connectivity index (χ0n) is 14.0. The number of benzene rings is 1. The van der Waals surface area contributed by atoms with Gasteiger partial charge in [0.05, 0.1) is 23.7 Å². The number of nitrogens with one attached hydrogen (secondary N) is 1. The number of carbonyl (C=O) groups excluding carboxylic acids is 2. The maximum Gasteiger partial charge on any atom is 0.254 e. The molecular formula is C17H17Cl2N3O3. The molecule has 2 amide bonds. The first-order valence-corrected chi connectivity index (χ1v) is 8.08. The molecule has 1 heterocycles. The van der Waals surface area contributed by atoms with Crippen LogP contribution in [0.4, 0.5) is 5.82 Å². The Kier molecular flexibility index (Phi) is 6.22. The minimum Gasteiger partial charge on any atom is -0.494 e. The van der Waals surface area contributed by atoms with E-state index in [9.17, 15) is 9.59 Å². The maximum absolute atomic E-state index is 12.5. The Balaban J connectivity index is 2.06. The van der Waals surface area contributed by atoms with Crippen LogP contribution in [0.15, 0.2) is 30.5 Å². The van der Waals surface area contributed by atoms with Crippen molar-refractivity contribution < 1.29 is 14.3 Å². The molecule has 0 radical (unpaired) electrons. The number of likely N-dealkylation sites (N-methyl/N-ethyl adjacent to an activating group) is 1. The van der Waals surface area contributed by atoms with Crippen LogP contribution in [0, 0.1) is 6.92 Å². The molecule has 0 fully saturated rings. The molecule has 0 saturated carbocycles. The number of aromatic nitrogens is 1. The number of methoxy groups -OCH3 is 1. The molecule has 6 nitrogen and oxygen atoms in total. The molecule has 0 aliphatic carbocycles.